The average molecular weight is 301 g/mol. The van der Waals surface area contributed by atoms with Crippen LogP contribution in [0.3, 0.4) is 0 Å². The van der Waals surface area contributed by atoms with E-state index in [1.165, 1.54) is 23.5 Å². The summed E-state index contributed by atoms with van der Waals surface area (Å²) in [4.78, 5) is 6.11. The molecule has 1 aromatic carbocycles. The van der Waals surface area contributed by atoms with E-state index in [2.05, 4.69) is 23.0 Å². The Morgan fingerprint density at radius 2 is 2.23 bits per heavy atom. The summed E-state index contributed by atoms with van der Waals surface area (Å²) in [6.45, 7) is -1.85. The summed E-state index contributed by atoms with van der Waals surface area (Å²) < 4.78 is 26.8. The topological polar surface area (TPSA) is 21.1 Å². The average Bonchev–Trinajstić information content (AvgIpc) is 3.13. The number of rotatable bonds is 5. The number of halogens is 2. The van der Waals surface area contributed by atoms with Crippen LogP contribution < -0.4 is 0 Å². The number of benzene rings is 1. The molecule has 1 aromatic heterocycles. The highest BCUT2D eigenvalue weighted by molar-refractivity contribution is 5.34. The van der Waals surface area contributed by atoms with Gasteiger partial charge in [-0.25, -0.2) is 4.98 Å². The van der Waals surface area contributed by atoms with Crippen molar-refractivity contribution >= 4 is 0 Å². The number of imidazole rings is 1. The summed E-state index contributed by atoms with van der Waals surface area (Å²) in [7, 11) is 0. The van der Waals surface area contributed by atoms with Crippen LogP contribution in [0.1, 0.15) is 36.0 Å². The second-order valence-corrected chi connectivity index (χ2v) is 5.39. The highest BCUT2D eigenvalue weighted by Crippen LogP contribution is 2.36. The predicted molar refractivity (Wildman–Crippen MR) is 80.2 cm³/mol. The molecule has 1 aliphatic rings. The molecule has 0 saturated carbocycles. The molecule has 3 nitrogen and oxygen atoms in total. The van der Waals surface area contributed by atoms with Gasteiger partial charge in [0, 0.05) is 18.4 Å². The summed E-state index contributed by atoms with van der Waals surface area (Å²) in [5.74, 6) is 2.98. The van der Waals surface area contributed by atoms with E-state index in [0.717, 1.165) is 17.4 Å². The number of fused-ring (bicyclic) bond motifs is 1. The molecule has 114 valence electrons. The van der Waals surface area contributed by atoms with Crippen LogP contribution in [0.5, 0.6) is 0 Å². The van der Waals surface area contributed by atoms with Crippen LogP contribution in [0, 0.1) is 12.3 Å². The fourth-order valence-corrected chi connectivity index (χ4v) is 3.13. The van der Waals surface area contributed by atoms with Crippen LogP contribution in [0.15, 0.2) is 36.7 Å². The molecule has 5 heteroatoms. The normalized spacial score (nSPS) is 17.0. The van der Waals surface area contributed by atoms with Gasteiger partial charge >= 0.3 is 6.55 Å². The van der Waals surface area contributed by atoms with Gasteiger partial charge in [-0.3, -0.25) is 9.47 Å². The van der Waals surface area contributed by atoms with Crippen molar-refractivity contribution in [3.8, 4) is 12.3 Å². The van der Waals surface area contributed by atoms with E-state index < -0.39 is 6.55 Å². The fraction of sp³-hybridized carbons (Fsp3) is 0.353. The Labute approximate surface area is 128 Å². The van der Waals surface area contributed by atoms with E-state index in [9.17, 15) is 8.78 Å². The van der Waals surface area contributed by atoms with Gasteiger partial charge in [0.25, 0.3) is 0 Å². The highest BCUT2D eigenvalue weighted by atomic mass is 19.3. The number of alkyl halides is 2. The Morgan fingerprint density at radius 1 is 1.41 bits per heavy atom. The third-order valence-corrected chi connectivity index (χ3v) is 4.14. The first kappa shape index (κ1) is 14.7. The highest BCUT2D eigenvalue weighted by Gasteiger charge is 2.28. The summed E-state index contributed by atoms with van der Waals surface area (Å²) in [6.07, 6.45) is 10.1. The van der Waals surface area contributed by atoms with Crippen LogP contribution in [0.2, 0.25) is 0 Å². The van der Waals surface area contributed by atoms with Gasteiger partial charge in [0.2, 0.25) is 0 Å². The van der Waals surface area contributed by atoms with Crippen molar-refractivity contribution in [1.82, 2.24) is 14.5 Å². The van der Waals surface area contributed by atoms with Gasteiger partial charge in [-0.15, -0.1) is 6.42 Å². The number of terminal acetylenes is 1. The van der Waals surface area contributed by atoms with E-state index in [4.69, 9.17) is 6.42 Å². The molecule has 0 amide bonds. The van der Waals surface area contributed by atoms with Crippen LogP contribution in [0.4, 0.5) is 8.78 Å². The van der Waals surface area contributed by atoms with E-state index in [1.807, 2.05) is 17.0 Å². The molecule has 0 aliphatic heterocycles. The first-order valence-electron chi connectivity index (χ1n) is 7.26. The van der Waals surface area contributed by atoms with E-state index in [0.29, 0.717) is 18.9 Å². The number of hydrogen-bond donors (Lipinski definition) is 0. The molecule has 0 fully saturated rings. The second kappa shape index (κ2) is 6.29. The minimum atomic E-state index is -2.58. The summed E-state index contributed by atoms with van der Waals surface area (Å²) in [5, 5.41) is 0. The fourth-order valence-electron chi connectivity index (χ4n) is 3.13. The van der Waals surface area contributed by atoms with Crippen LogP contribution in [-0.2, 0) is 13.0 Å². The number of hydrogen-bond acceptors (Lipinski definition) is 2. The quantitative estimate of drug-likeness (QED) is 0.789. The lowest BCUT2D eigenvalue weighted by atomic mass is 10.1. The maximum Gasteiger partial charge on any atom is 0.319 e. The zero-order valence-corrected chi connectivity index (χ0v) is 12.1. The Bertz CT molecular complexity index is 687. The van der Waals surface area contributed by atoms with Crippen LogP contribution >= 0.6 is 0 Å². The van der Waals surface area contributed by atoms with Gasteiger partial charge in [-0.05, 0) is 24.0 Å². The minimum absolute atomic E-state index is 0.162. The summed E-state index contributed by atoms with van der Waals surface area (Å²) in [6, 6.07) is 8.40. The lowest BCUT2D eigenvalue weighted by Gasteiger charge is -2.27. The van der Waals surface area contributed by atoms with Crippen molar-refractivity contribution in [3.63, 3.8) is 0 Å². The van der Waals surface area contributed by atoms with Gasteiger partial charge < -0.3 is 0 Å². The SMILES string of the molecule is C#CCN(Cc1nccn1C(F)F)[C@H]1CCc2ccccc21. The number of aryl methyl sites for hydroxylation is 1. The minimum Gasteiger partial charge on any atom is -0.278 e. The Balaban J connectivity index is 1.85. The Hall–Kier alpha value is -2.19. The molecular weight excluding hydrogens is 284 g/mol. The summed E-state index contributed by atoms with van der Waals surface area (Å²) in [5.41, 5.74) is 2.56. The van der Waals surface area contributed by atoms with Gasteiger partial charge in [0.15, 0.2) is 0 Å². The molecule has 1 heterocycles. The maximum absolute atomic E-state index is 13.0. The van der Waals surface area contributed by atoms with Crippen molar-refractivity contribution in [2.24, 2.45) is 0 Å². The molecule has 3 rings (SSSR count). The first-order valence-corrected chi connectivity index (χ1v) is 7.26. The van der Waals surface area contributed by atoms with E-state index in [1.54, 1.807) is 0 Å². The molecule has 1 aliphatic carbocycles. The van der Waals surface area contributed by atoms with Crippen molar-refractivity contribution in [3.05, 3.63) is 53.6 Å². The van der Waals surface area contributed by atoms with Gasteiger partial charge in [0.05, 0.1) is 13.1 Å². The zero-order chi connectivity index (χ0) is 15.5. The third kappa shape index (κ3) is 2.75. The van der Waals surface area contributed by atoms with E-state index in [-0.39, 0.29) is 6.04 Å². The van der Waals surface area contributed by atoms with Crippen molar-refractivity contribution in [2.75, 3.05) is 6.54 Å². The van der Waals surface area contributed by atoms with E-state index >= 15 is 0 Å². The van der Waals surface area contributed by atoms with Crippen molar-refractivity contribution in [2.45, 2.75) is 32.0 Å². The third-order valence-electron chi connectivity index (χ3n) is 4.14. The smallest absolute Gasteiger partial charge is 0.278 e. The van der Waals surface area contributed by atoms with Crippen LogP contribution in [-0.4, -0.2) is 21.0 Å². The molecule has 2 aromatic rings. The predicted octanol–water partition coefficient (Wildman–Crippen LogP) is 3.40. The molecule has 0 saturated heterocycles. The van der Waals surface area contributed by atoms with Gasteiger partial charge in [-0.1, -0.05) is 30.2 Å². The van der Waals surface area contributed by atoms with Crippen molar-refractivity contribution < 1.29 is 8.78 Å². The largest absolute Gasteiger partial charge is 0.319 e. The molecule has 0 spiro atoms. The van der Waals surface area contributed by atoms with Crippen molar-refractivity contribution in [1.29, 1.82) is 0 Å². The monoisotopic (exact) mass is 301 g/mol. The lowest BCUT2D eigenvalue weighted by Crippen LogP contribution is -2.29. The second-order valence-electron chi connectivity index (χ2n) is 5.39. The molecular formula is C17H17F2N3. The number of aromatic nitrogens is 2. The first-order chi connectivity index (χ1) is 10.7. The molecule has 0 radical (unpaired) electrons. The Morgan fingerprint density at radius 3 is 3.00 bits per heavy atom. The molecule has 1 atom stereocenters. The summed E-state index contributed by atoms with van der Waals surface area (Å²) >= 11 is 0. The Kier molecular flexibility index (Phi) is 4.21. The molecule has 0 bridgehead atoms. The van der Waals surface area contributed by atoms with Gasteiger partial charge in [0.1, 0.15) is 5.82 Å². The molecule has 0 N–H and O–H groups in total. The maximum atomic E-state index is 13.0. The lowest BCUT2D eigenvalue weighted by molar-refractivity contribution is 0.0627. The molecule has 22 heavy (non-hydrogen) atoms. The van der Waals surface area contributed by atoms with Gasteiger partial charge in [-0.2, -0.15) is 8.78 Å². The zero-order valence-electron chi connectivity index (χ0n) is 12.1. The standard InChI is InChI=1S/C17H17F2N3/c1-2-10-21(12-16-20-9-11-22(16)17(18)19)15-8-7-13-5-3-4-6-14(13)15/h1,3-6,9,11,15,17H,7-8,10,12H2/t15-/m0/s1. The number of nitrogens with zero attached hydrogens (tertiary/aromatic N) is 3. The molecule has 0 unspecified atom stereocenters. The van der Waals surface area contributed by atoms with Crippen LogP contribution in [0.25, 0.3) is 0 Å².